The molecule has 2 N–H and O–H groups in total. The number of hydrogen-bond acceptors (Lipinski definition) is 4. The summed E-state index contributed by atoms with van der Waals surface area (Å²) in [6.45, 7) is 1.98. The van der Waals surface area contributed by atoms with Crippen molar-refractivity contribution in [1.29, 1.82) is 0 Å². The van der Waals surface area contributed by atoms with Gasteiger partial charge < -0.3 is 9.88 Å². The topological polar surface area (TPSA) is 86.0 Å². The Morgan fingerprint density at radius 2 is 2.00 bits per heavy atom. The zero-order valence-electron chi connectivity index (χ0n) is 8.61. The third-order valence-corrected chi connectivity index (χ3v) is 2.82. The molecule has 1 aliphatic rings. The maximum Gasteiger partial charge on any atom is 0.326 e. The molecule has 2 rings (SSSR count). The van der Waals surface area contributed by atoms with E-state index in [4.69, 9.17) is 0 Å². The summed E-state index contributed by atoms with van der Waals surface area (Å²) in [7, 11) is 0. The number of aromatic amines is 2. The zero-order chi connectivity index (χ0) is 11.9. The molecule has 1 saturated heterocycles. The maximum atomic E-state index is 11.6. The first-order chi connectivity index (χ1) is 7.49. The molecule has 1 aliphatic heterocycles. The molecule has 86 valence electrons. The largest absolute Gasteiger partial charge is 0.326 e. The van der Waals surface area contributed by atoms with Crippen LogP contribution in [0.5, 0.6) is 0 Å². The molecule has 1 aromatic heterocycles. The molecular formula is C9H11N3O3S. The molecule has 0 aliphatic carbocycles. The fourth-order valence-electron chi connectivity index (χ4n) is 1.82. The first-order valence-electron chi connectivity index (χ1n) is 4.80. The summed E-state index contributed by atoms with van der Waals surface area (Å²) in [6, 6.07) is 0. The van der Waals surface area contributed by atoms with Gasteiger partial charge in [0.05, 0.1) is 0 Å². The smallest absolute Gasteiger partial charge is 0.309 e. The summed E-state index contributed by atoms with van der Waals surface area (Å²) < 4.78 is 0. The molecule has 0 aromatic carbocycles. The van der Waals surface area contributed by atoms with Crippen molar-refractivity contribution in [2.45, 2.75) is 18.6 Å². The van der Waals surface area contributed by atoms with Gasteiger partial charge in [0.2, 0.25) is 5.91 Å². The first kappa shape index (κ1) is 11.0. The molecule has 1 fully saturated rings. The van der Waals surface area contributed by atoms with Gasteiger partial charge in [0.1, 0.15) is 5.69 Å². The summed E-state index contributed by atoms with van der Waals surface area (Å²) in [5.74, 6) is -0.152. The van der Waals surface area contributed by atoms with Crippen LogP contribution in [0, 0.1) is 6.92 Å². The maximum absolute atomic E-state index is 11.6. The van der Waals surface area contributed by atoms with E-state index in [1.54, 1.807) is 6.92 Å². The van der Waals surface area contributed by atoms with Crippen LogP contribution in [-0.4, -0.2) is 27.7 Å². The Labute approximate surface area is 96.1 Å². The van der Waals surface area contributed by atoms with Crippen molar-refractivity contribution in [3.8, 4) is 0 Å². The summed E-state index contributed by atoms with van der Waals surface area (Å²) in [5.41, 5.74) is -0.511. The van der Waals surface area contributed by atoms with Gasteiger partial charge in [-0.05, 0) is 6.92 Å². The minimum Gasteiger partial charge on any atom is -0.309 e. The van der Waals surface area contributed by atoms with E-state index in [9.17, 15) is 14.4 Å². The zero-order valence-corrected chi connectivity index (χ0v) is 9.51. The number of aromatic nitrogens is 2. The first-order valence-corrected chi connectivity index (χ1v) is 5.32. The number of carbonyl (C=O) groups is 1. The number of nitrogens with one attached hydrogen (secondary N) is 2. The number of rotatable bonds is 1. The van der Waals surface area contributed by atoms with E-state index in [-0.39, 0.29) is 16.8 Å². The lowest BCUT2D eigenvalue weighted by atomic mass is 10.3. The Morgan fingerprint density at radius 3 is 2.50 bits per heavy atom. The number of nitrogens with zero attached hydrogens (tertiary/aromatic N) is 1. The highest BCUT2D eigenvalue weighted by Crippen LogP contribution is 2.22. The molecule has 1 atom stereocenters. The number of thiol groups is 1. The minimum absolute atomic E-state index is 0.0711. The van der Waals surface area contributed by atoms with Crippen LogP contribution < -0.4 is 16.1 Å². The van der Waals surface area contributed by atoms with E-state index in [0.717, 1.165) is 0 Å². The second-order valence-electron chi connectivity index (χ2n) is 3.74. The van der Waals surface area contributed by atoms with Crippen LogP contribution in [0.4, 0.5) is 5.69 Å². The summed E-state index contributed by atoms with van der Waals surface area (Å²) in [6.07, 6.45) is 0.307. The summed E-state index contributed by atoms with van der Waals surface area (Å²) >= 11 is 4.20. The van der Waals surface area contributed by atoms with E-state index < -0.39 is 11.2 Å². The Hall–Kier alpha value is -1.50. The van der Waals surface area contributed by atoms with Crippen molar-refractivity contribution in [1.82, 2.24) is 9.97 Å². The average Bonchev–Trinajstić information content (AvgIpc) is 2.43. The summed E-state index contributed by atoms with van der Waals surface area (Å²) in [4.78, 5) is 40.1. The van der Waals surface area contributed by atoms with Gasteiger partial charge in [-0.2, -0.15) is 12.6 Å². The van der Waals surface area contributed by atoms with Crippen LogP contribution in [0.15, 0.2) is 9.59 Å². The Balaban J connectivity index is 2.53. The second-order valence-corrected chi connectivity index (χ2v) is 4.47. The van der Waals surface area contributed by atoms with Gasteiger partial charge in [-0.15, -0.1) is 0 Å². The van der Waals surface area contributed by atoms with Crippen molar-refractivity contribution in [3.63, 3.8) is 0 Å². The Morgan fingerprint density at radius 1 is 1.31 bits per heavy atom. The minimum atomic E-state index is -0.569. The fourth-order valence-corrected chi connectivity index (χ4v) is 2.14. The molecule has 7 heteroatoms. The second kappa shape index (κ2) is 3.82. The van der Waals surface area contributed by atoms with Gasteiger partial charge in [0, 0.05) is 23.9 Å². The number of hydrogen-bond donors (Lipinski definition) is 3. The predicted molar refractivity (Wildman–Crippen MR) is 62.2 cm³/mol. The van der Waals surface area contributed by atoms with Crippen LogP contribution in [-0.2, 0) is 4.79 Å². The van der Waals surface area contributed by atoms with Crippen molar-refractivity contribution in [3.05, 3.63) is 26.5 Å². The van der Waals surface area contributed by atoms with E-state index in [0.29, 0.717) is 18.7 Å². The molecule has 16 heavy (non-hydrogen) atoms. The lowest BCUT2D eigenvalue weighted by Crippen LogP contribution is -2.35. The molecule has 0 bridgehead atoms. The van der Waals surface area contributed by atoms with Crippen molar-refractivity contribution in [2.24, 2.45) is 0 Å². The normalized spacial score (nSPS) is 20.5. The third kappa shape index (κ3) is 1.78. The molecule has 6 nitrogen and oxygen atoms in total. The van der Waals surface area contributed by atoms with Crippen LogP contribution in [0.1, 0.15) is 12.1 Å². The Bertz CT molecular complexity index is 548. The lowest BCUT2D eigenvalue weighted by Gasteiger charge is -2.16. The molecule has 1 aromatic rings. The Kier molecular flexibility index (Phi) is 2.63. The number of anilines is 1. The molecule has 1 unspecified atom stereocenters. The average molecular weight is 241 g/mol. The fraction of sp³-hybridized carbons (Fsp3) is 0.444. The molecule has 0 spiro atoms. The van der Waals surface area contributed by atoms with Crippen molar-refractivity contribution in [2.75, 3.05) is 11.4 Å². The van der Waals surface area contributed by atoms with Gasteiger partial charge in [-0.3, -0.25) is 14.6 Å². The molecule has 1 amide bonds. The number of aryl methyl sites for hydroxylation is 1. The molecular weight excluding hydrogens is 230 g/mol. The number of H-pyrrole nitrogens is 2. The highest BCUT2D eigenvalue weighted by molar-refractivity contribution is 7.81. The highest BCUT2D eigenvalue weighted by atomic mass is 32.1. The van der Waals surface area contributed by atoms with Crippen LogP contribution in [0.25, 0.3) is 0 Å². The molecule has 0 radical (unpaired) electrons. The van der Waals surface area contributed by atoms with Gasteiger partial charge in [0.15, 0.2) is 0 Å². The van der Waals surface area contributed by atoms with Crippen molar-refractivity contribution >= 4 is 24.2 Å². The molecule has 2 heterocycles. The standard InChI is InChI=1S/C9H11N3O3S/c1-4-7(8(14)11-9(15)10-4)12-3-5(16)2-6(12)13/h5,16H,2-3H2,1H3,(H2,10,11,14,15). The van der Waals surface area contributed by atoms with Gasteiger partial charge in [-0.1, -0.05) is 0 Å². The molecule has 0 saturated carbocycles. The monoisotopic (exact) mass is 241 g/mol. The predicted octanol–water partition coefficient (Wildman–Crippen LogP) is -0.593. The van der Waals surface area contributed by atoms with E-state index in [1.165, 1.54) is 4.90 Å². The van der Waals surface area contributed by atoms with Gasteiger partial charge in [-0.25, -0.2) is 4.79 Å². The highest BCUT2D eigenvalue weighted by Gasteiger charge is 2.31. The third-order valence-electron chi connectivity index (χ3n) is 2.47. The van der Waals surface area contributed by atoms with Gasteiger partial charge in [0.25, 0.3) is 5.56 Å². The summed E-state index contributed by atoms with van der Waals surface area (Å²) in [5, 5.41) is -0.0711. The quantitative estimate of drug-likeness (QED) is 0.574. The number of amides is 1. The van der Waals surface area contributed by atoms with Gasteiger partial charge >= 0.3 is 5.69 Å². The lowest BCUT2D eigenvalue weighted by molar-refractivity contribution is -0.117. The van der Waals surface area contributed by atoms with E-state index >= 15 is 0 Å². The van der Waals surface area contributed by atoms with E-state index in [2.05, 4.69) is 22.6 Å². The van der Waals surface area contributed by atoms with Crippen molar-refractivity contribution < 1.29 is 4.79 Å². The van der Waals surface area contributed by atoms with Crippen LogP contribution in [0.2, 0.25) is 0 Å². The number of carbonyl (C=O) groups excluding carboxylic acids is 1. The SMILES string of the molecule is Cc1[nH]c(=O)[nH]c(=O)c1N1CC(S)CC1=O. The van der Waals surface area contributed by atoms with Crippen LogP contribution in [0.3, 0.4) is 0 Å². The van der Waals surface area contributed by atoms with Crippen LogP contribution >= 0.6 is 12.6 Å². The van der Waals surface area contributed by atoms with E-state index in [1.807, 2.05) is 0 Å².